The molecule has 1 aromatic heterocycles. The number of nitrogens with zero attached hydrogens (tertiary/aromatic N) is 4. The van der Waals surface area contributed by atoms with Crippen LogP contribution in [-0.2, 0) is 16.1 Å². The summed E-state index contributed by atoms with van der Waals surface area (Å²) in [5.74, 6) is 1.21. The van der Waals surface area contributed by atoms with Crippen molar-refractivity contribution >= 4 is 23.6 Å². The topological polar surface area (TPSA) is 72.3 Å². The van der Waals surface area contributed by atoms with Gasteiger partial charge in [-0.2, -0.15) is 0 Å². The third-order valence-electron chi connectivity index (χ3n) is 4.75. The highest BCUT2D eigenvalue weighted by Gasteiger charge is 2.21. The fraction of sp³-hybridized carbons (Fsp3) is 0.550. The molecule has 28 heavy (non-hydrogen) atoms. The first kappa shape index (κ1) is 20.7. The maximum Gasteiger partial charge on any atom is 0.230 e. The van der Waals surface area contributed by atoms with E-state index in [1.807, 2.05) is 18.2 Å². The van der Waals surface area contributed by atoms with E-state index in [9.17, 15) is 4.79 Å². The van der Waals surface area contributed by atoms with E-state index < -0.39 is 0 Å². The molecule has 1 amide bonds. The lowest BCUT2D eigenvalue weighted by atomic mass is 10.0. The van der Waals surface area contributed by atoms with Crippen LogP contribution in [0.4, 0.5) is 5.95 Å². The lowest BCUT2D eigenvalue weighted by Crippen LogP contribution is -2.38. The molecular weight excluding hydrogens is 374 g/mol. The Morgan fingerprint density at radius 3 is 2.64 bits per heavy atom. The Labute approximate surface area is 170 Å². The number of ether oxygens (including phenoxy) is 1. The number of amides is 1. The van der Waals surface area contributed by atoms with E-state index in [2.05, 4.69) is 51.0 Å². The van der Waals surface area contributed by atoms with Gasteiger partial charge in [-0.25, -0.2) is 0 Å². The number of aromatic nitrogens is 3. The average Bonchev–Trinajstić information content (AvgIpc) is 3.16. The Morgan fingerprint density at radius 2 is 1.96 bits per heavy atom. The SMILES string of the molecule is CCC[C@H](NC(=O)CSc1nnc(N2CCOCC2)n1CC)c1ccccc1. The van der Waals surface area contributed by atoms with E-state index in [0.29, 0.717) is 19.0 Å². The van der Waals surface area contributed by atoms with E-state index in [4.69, 9.17) is 4.74 Å². The minimum absolute atomic E-state index is 0.0193. The number of carbonyl (C=O) groups is 1. The van der Waals surface area contributed by atoms with Gasteiger partial charge in [0.05, 0.1) is 25.0 Å². The number of benzene rings is 1. The number of thioether (sulfide) groups is 1. The number of carbonyl (C=O) groups excluding carboxylic acids is 1. The van der Waals surface area contributed by atoms with Crippen LogP contribution in [0.15, 0.2) is 35.5 Å². The number of nitrogens with one attached hydrogen (secondary N) is 1. The maximum atomic E-state index is 12.6. The van der Waals surface area contributed by atoms with Crippen LogP contribution in [0, 0.1) is 0 Å². The number of rotatable bonds is 9. The molecule has 1 atom stereocenters. The molecule has 1 aliphatic heterocycles. The van der Waals surface area contributed by atoms with Crippen LogP contribution in [0.25, 0.3) is 0 Å². The summed E-state index contributed by atoms with van der Waals surface area (Å²) in [4.78, 5) is 14.8. The van der Waals surface area contributed by atoms with Gasteiger partial charge >= 0.3 is 0 Å². The van der Waals surface area contributed by atoms with Crippen LogP contribution in [-0.4, -0.2) is 52.7 Å². The van der Waals surface area contributed by atoms with Gasteiger partial charge in [0.25, 0.3) is 0 Å². The molecule has 0 bridgehead atoms. The smallest absolute Gasteiger partial charge is 0.230 e. The minimum Gasteiger partial charge on any atom is -0.378 e. The van der Waals surface area contributed by atoms with E-state index in [-0.39, 0.29) is 11.9 Å². The molecule has 0 spiro atoms. The predicted octanol–water partition coefficient (Wildman–Crippen LogP) is 2.88. The third kappa shape index (κ3) is 5.26. The molecule has 3 rings (SSSR count). The molecule has 7 nitrogen and oxygen atoms in total. The second-order valence-corrected chi connectivity index (χ2v) is 7.68. The largest absolute Gasteiger partial charge is 0.378 e. The molecular formula is C20H29N5O2S. The summed E-state index contributed by atoms with van der Waals surface area (Å²) in [6.07, 6.45) is 1.94. The first-order valence-corrected chi connectivity index (χ1v) is 10.9. The van der Waals surface area contributed by atoms with Crippen LogP contribution in [0.2, 0.25) is 0 Å². The molecule has 1 aromatic carbocycles. The summed E-state index contributed by atoms with van der Waals surface area (Å²) in [5, 5.41) is 12.6. The van der Waals surface area contributed by atoms with Gasteiger partial charge in [0.1, 0.15) is 0 Å². The van der Waals surface area contributed by atoms with Crippen molar-refractivity contribution in [3.63, 3.8) is 0 Å². The third-order valence-corrected chi connectivity index (χ3v) is 5.72. The van der Waals surface area contributed by atoms with E-state index in [0.717, 1.165) is 49.1 Å². The number of hydrogen-bond donors (Lipinski definition) is 1. The van der Waals surface area contributed by atoms with Gasteiger partial charge in [0, 0.05) is 19.6 Å². The Morgan fingerprint density at radius 1 is 1.21 bits per heavy atom. The molecule has 8 heteroatoms. The molecule has 1 aliphatic rings. The van der Waals surface area contributed by atoms with Gasteiger partial charge in [-0.3, -0.25) is 9.36 Å². The lowest BCUT2D eigenvalue weighted by Gasteiger charge is -2.27. The van der Waals surface area contributed by atoms with Crippen LogP contribution in [0.3, 0.4) is 0 Å². The number of hydrogen-bond acceptors (Lipinski definition) is 6. The fourth-order valence-electron chi connectivity index (χ4n) is 3.32. The van der Waals surface area contributed by atoms with Crippen LogP contribution < -0.4 is 10.2 Å². The molecule has 0 saturated carbocycles. The van der Waals surface area contributed by atoms with E-state index in [1.54, 1.807) is 0 Å². The summed E-state index contributed by atoms with van der Waals surface area (Å²) < 4.78 is 7.49. The molecule has 1 fully saturated rings. The summed E-state index contributed by atoms with van der Waals surface area (Å²) in [6.45, 7) is 8.03. The molecule has 2 aromatic rings. The Kier molecular flexibility index (Phi) is 7.73. The fourth-order valence-corrected chi connectivity index (χ4v) is 4.13. The quantitative estimate of drug-likeness (QED) is 0.649. The number of anilines is 1. The highest BCUT2D eigenvalue weighted by atomic mass is 32.2. The van der Waals surface area contributed by atoms with Gasteiger partial charge in [-0.1, -0.05) is 55.4 Å². The predicted molar refractivity (Wildman–Crippen MR) is 112 cm³/mol. The standard InChI is InChI=1S/C20H29N5O2S/c1-3-8-17(16-9-6-5-7-10-16)21-18(26)15-28-20-23-22-19(25(20)4-2)24-11-13-27-14-12-24/h5-7,9-10,17H,3-4,8,11-15H2,1-2H3,(H,21,26)/t17-/m0/s1. The molecule has 0 aliphatic carbocycles. The van der Waals surface area contributed by atoms with Crippen LogP contribution >= 0.6 is 11.8 Å². The van der Waals surface area contributed by atoms with E-state index in [1.165, 1.54) is 11.8 Å². The second-order valence-electron chi connectivity index (χ2n) is 6.73. The molecule has 1 saturated heterocycles. The molecule has 152 valence electrons. The Bertz CT molecular complexity index is 746. The van der Waals surface area contributed by atoms with E-state index >= 15 is 0 Å². The van der Waals surface area contributed by atoms with Gasteiger partial charge < -0.3 is 15.0 Å². The summed E-state index contributed by atoms with van der Waals surface area (Å²) in [5.41, 5.74) is 1.15. The molecule has 0 unspecified atom stereocenters. The zero-order chi connectivity index (χ0) is 19.8. The van der Waals surface area contributed by atoms with Gasteiger partial charge in [-0.05, 0) is 18.9 Å². The monoisotopic (exact) mass is 403 g/mol. The average molecular weight is 404 g/mol. The highest BCUT2D eigenvalue weighted by molar-refractivity contribution is 7.99. The molecule has 0 radical (unpaired) electrons. The molecule has 2 heterocycles. The van der Waals surface area contributed by atoms with Crippen molar-refractivity contribution in [1.82, 2.24) is 20.1 Å². The van der Waals surface area contributed by atoms with Crippen molar-refractivity contribution in [3.05, 3.63) is 35.9 Å². The Balaban J connectivity index is 1.60. The van der Waals surface area contributed by atoms with Gasteiger partial charge in [0.15, 0.2) is 5.16 Å². The number of morpholine rings is 1. The molecule has 1 N–H and O–H groups in total. The lowest BCUT2D eigenvalue weighted by molar-refractivity contribution is -0.119. The van der Waals surface area contributed by atoms with Crippen molar-refractivity contribution < 1.29 is 9.53 Å². The highest BCUT2D eigenvalue weighted by Crippen LogP contribution is 2.23. The maximum absolute atomic E-state index is 12.6. The zero-order valence-corrected chi connectivity index (χ0v) is 17.5. The minimum atomic E-state index is 0.0193. The normalized spacial score (nSPS) is 15.4. The first-order chi connectivity index (χ1) is 13.7. The Hall–Kier alpha value is -2.06. The van der Waals surface area contributed by atoms with Crippen molar-refractivity contribution in [3.8, 4) is 0 Å². The summed E-state index contributed by atoms with van der Waals surface area (Å²) >= 11 is 1.44. The van der Waals surface area contributed by atoms with Crippen molar-refractivity contribution in [1.29, 1.82) is 0 Å². The second kappa shape index (κ2) is 10.5. The van der Waals surface area contributed by atoms with Crippen LogP contribution in [0.5, 0.6) is 0 Å². The van der Waals surface area contributed by atoms with Crippen molar-refractivity contribution in [2.45, 2.75) is 44.4 Å². The van der Waals surface area contributed by atoms with Gasteiger partial charge in [-0.15, -0.1) is 10.2 Å². The van der Waals surface area contributed by atoms with Crippen LogP contribution in [0.1, 0.15) is 38.3 Å². The van der Waals surface area contributed by atoms with Crippen molar-refractivity contribution in [2.24, 2.45) is 0 Å². The zero-order valence-electron chi connectivity index (χ0n) is 16.6. The first-order valence-electron chi connectivity index (χ1n) is 9.96. The van der Waals surface area contributed by atoms with Crippen molar-refractivity contribution in [2.75, 3.05) is 37.0 Å². The van der Waals surface area contributed by atoms with Gasteiger partial charge in [0.2, 0.25) is 11.9 Å². The summed E-state index contributed by atoms with van der Waals surface area (Å²) in [7, 11) is 0. The summed E-state index contributed by atoms with van der Waals surface area (Å²) in [6, 6.07) is 10.2.